The van der Waals surface area contributed by atoms with Crippen LogP contribution in [-0.2, 0) is 6.42 Å². The van der Waals surface area contributed by atoms with Gasteiger partial charge in [-0.1, -0.05) is 18.2 Å². The van der Waals surface area contributed by atoms with Gasteiger partial charge in [0.15, 0.2) is 17.5 Å². The smallest absolute Gasteiger partial charge is 0.161 e. The quantitative estimate of drug-likeness (QED) is 0.768. The van der Waals surface area contributed by atoms with Crippen molar-refractivity contribution in [1.82, 2.24) is 4.98 Å². The lowest BCUT2D eigenvalue weighted by Crippen LogP contribution is -2.87. The van der Waals surface area contributed by atoms with Gasteiger partial charge in [0, 0.05) is 22.9 Å². The average Bonchev–Trinajstić information content (AvgIpc) is 3.00. The second-order valence-electron chi connectivity index (χ2n) is 6.89. The lowest BCUT2D eigenvalue weighted by molar-refractivity contribution is -0.690. The molecule has 3 N–H and O–H groups in total. The maximum absolute atomic E-state index is 5.85. The topological polar surface area (TPSA) is 50.9 Å². The molecule has 0 saturated heterocycles. The molecule has 1 aliphatic rings. The van der Waals surface area contributed by atoms with Crippen molar-refractivity contribution in [1.29, 1.82) is 0 Å². The molecule has 0 radical (unpaired) electrons. The molecule has 0 bridgehead atoms. The van der Waals surface area contributed by atoms with Crippen molar-refractivity contribution >= 4 is 10.9 Å². The Kier molecular flexibility index (Phi) is 4.14. The minimum absolute atomic E-state index is 0.126. The van der Waals surface area contributed by atoms with Gasteiger partial charge in [0.05, 0.1) is 25.5 Å². The molecule has 3 aromatic rings. The first-order chi connectivity index (χ1) is 12.2. The van der Waals surface area contributed by atoms with E-state index >= 15 is 0 Å². The molecule has 0 aliphatic carbocycles. The van der Waals surface area contributed by atoms with E-state index in [1.807, 2.05) is 19.9 Å². The number of H-pyrrole nitrogens is 1. The summed E-state index contributed by atoms with van der Waals surface area (Å²) < 4.78 is 11.4. The van der Waals surface area contributed by atoms with Crippen LogP contribution in [0.1, 0.15) is 36.7 Å². The summed E-state index contributed by atoms with van der Waals surface area (Å²) in [7, 11) is 1.70. The number of nitrogens with one attached hydrogen (secondary N) is 1. The summed E-state index contributed by atoms with van der Waals surface area (Å²) in [6.45, 7) is 5.14. The number of quaternary nitrogens is 1. The number of hydrogen-bond acceptors (Lipinski definition) is 2. The van der Waals surface area contributed by atoms with Gasteiger partial charge < -0.3 is 19.8 Å². The van der Waals surface area contributed by atoms with Crippen LogP contribution in [0.2, 0.25) is 0 Å². The zero-order valence-corrected chi connectivity index (χ0v) is 15.0. The summed E-state index contributed by atoms with van der Waals surface area (Å²) in [4.78, 5) is 3.65. The number of para-hydroxylation sites is 1. The largest absolute Gasteiger partial charge is 0.493 e. The second-order valence-corrected chi connectivity index (χ2v) is 6.89. The molecular weight excluding hydrogens is 312 g/mol. The summed E-state index contributed by atoms with van der Waals surface area (Å²) in [5.74, 6) is 1.59. The number of ether oxygens (including phenoxy) is 2. The molecule has 2 aromatic carbocycles. The summed E-state index contributed by atoms with van der Waals surface area (Å²) in [5.41, 5.74) is 5.22. The van der Waals surface area contributed by atoms with Crippen molar-refractivity contribution < 1.29 is 14.8 Å². The first kappa shape index (κ1) is 16.0. The fraction of sp³-hybridized carbons (Fsp3) is 0.333. The molecule has 0 spiro atoms. The second kappa shape index (κ2) is 6.45. The van der Waals surface area contributed by atoms with Crippen molar-refractivity contribution in [2.45, 2.75) is 32.4 Å². The van der Waals surface area contributed by atoms with E-state index < -0.39 is 0 Å². The zero-order chi connectivity index (χ0) is 17.4. The Balaban J connectivity index is 1.76. The van der Waals surface area contributed by atoms with E-state index in [1.165, 1.54) is 27.7 Å². The van der Waals surface area contributed by atoms with Gasteiger partial charge >= 0.3 is 0 Å². The van der Waals surface area contributed by atoms with E-state index in [0.717, 1.165) is 24.5 Å². The van der Waals surface area contributed by atoms with Gasteiger partial charge in [-0.05, 0) is 43.7 Å². The fourth-order valence-corrected chi connectivity index (χ4v) is 3.80. The van der Waals surface area contributed by atoms with Crippen LogP contribution in [0.4, 0.5) is 0 Å². The van der Waals surface area contributed by atoms with Crippen LogP contribution in [0.15, 0.2) is 42.5 Å². The van der Waals surface area contributed by atoms with E-state index in [4.69, 9.17) is 9.47 Å². The van der Waals surface area contributed by atoms with E-state index in [9.17, 15) is 0 Å². The molecule has 0 amide bonds. The summed E-state index contributed by atoms with van der Waals surface area (Å²) in [6, 6.07) is 15.1. The zero-order valence-electron chi connectivity index (χ0n) is 15.0. The lowest BCUT2D eigenvalue weighted by Gasteiger charge is -2.22. The van der Waals surface area contributed by atoms with Crippen molar-refractivity contribution in [2.24, 2.45) is 0 Å². The molecule has 0 fully saturated rings. The molecule has 4 heteroatoms. The molecule has 25 heavy (non-hydrogen) atoms. The van der Waals surface area contributed by atoms with Crippen LogP contribution in [0.25, 0.3) is 10.9 Å². The number of aromatic amines is 1. The Morgan fingerprint density at radius 2 is 1.96 bits per heavy atom. The van der Waals surface area contributed by atoms with Gasteiger partial charge in [0.25, 0.3) is 0 Å². The van der Waals surface area contributed by atoms with Gasteiger partial charge in [0.2, 0.25) is 0 Å². The third-order valence-electron chi connectivity index (χ3n) is 4.86. The van der Waals surface area contributed by atoms with Crippen LogP contribution >= 0.6 is 0 Å². The van der Waals surface area contributed by atoms with Crippen molar-refractivity contribution in [3.05, 3.63) is 59.3 Å². The highest BCUT2D eigenvalue weighted by atomic mass is 16.5. The van der Waals surface area contributed by atoms with Crippen LogP contribution < -0.4 is 14.8 Å². The standard InChI is InChI=1S/C21H24N2O2/c1-13(2)25-18-9-8-14(12-19(18)24-3)20-21-16(10-11-22-20)15-6-4-5-7-17(15)23-21/h4-9,12-13,20,22-23H,10-11H2,1-3H3/p+1/t20-/m0/s1. The van der Waals surface area contributed by atoms with E-state index in [0.29, 0.717) is 0 Å². The predicted octanol–water partition coefficient (Wildman–Crippen LogP) is 3.17. The van der Waals surface area contributed by atoms with Crippen molar-refractivity contribution in [3.8, 4) is 11.5 Å². The molecule has 2 heterocycles. The van der Waals surface area contributed by atoms with Crippen LogP contribution in [0.5, 0.6) is 11.5 Å². The molecule has 1 atom stereocenters. The van der Waals surface area contributed by atoms with Crippen molar-refractivity contribution in [3.63, 3.8) is 0 Å². The maximum atomic E-state index is 5.85. The van der Waals surface area contributed by atoms with Gasteiger partial charge in [-0.15, -0.1) is 0 Å². The summed E-state index contributed by atoms with van der Waals surface area (Å²) in [6.07, 6.45) is 1.22. The first-order valence-electron chi connectivity index (χ1n) is 8.94. The minimum Gasteiger partial charge on any atom is -0.493 e. The predicted molar refractivity (Wildman–Crippen MR) is 99.4 cm³/mol. The Labute approximate surface area is 148 Å². The highest BCUT2D eigenvalue weighted by Crippen LogP contribution is 2.35. The third-order valence-corrected chi connectivity index (χ3v) is 4.86. The third kappa shape index (κ3) is 2.87. The average molecular weight is 337 g/mol. The van der Waals surface area contributed by atoms with Crippen LogP contribution in [0.3, 0.4) is 0 Å². The maximum Gasteiger partial charge on any atom is 0.161 e. The van der Waals surface area contributed by atoms with Gasteiger partial charge in [-0.3, -0.25) is 0 Å². The van der Waals surface area contributed by atoms with E-state index in [1.54, 1.807) is 7.11 Å². The highest BCUT2D eigenvalue weighted by Gasteiger charge is 2.29. The Bertz CT molecular complexity index is 898. The Morgan fingerprint density at radius 3 is 2.76 bits per heavy atom. The molecule has 4 nitrogen and oxygen atoms in total. The van der Waals surface area contributed by atoms with Crippen LogP contribution in [0, 0.1) is 0 Å². The summed E-state index contributed by atoms with van der Waals surface area (Å²) in [5, 5.41) is 3.75. The number of fused-ring (bicyclic) bond motifs is 3. The normalized spacial score (nSPS) is 16.9. The number of benzene rings is 2. The molecule has 1 aromatic heterocycles. The number of hydrogen-bond donors (Lipinski definition) is 2. The molecule has 4 rings (SSSR count). The monoisotopic (exact) mass is 337 g/mol. The van der Waals surface area contributed by atoms with Gasteiger partial charge in [-0.2, -0.15) is 0 Å². The van der Waals surface area contributed by atoms with Crippen LogP contribution in [-0.4, -0.2) is 24.7 Å². The molecule has 0 saturated carbocycles. The van der Waals surface area contributed by atoms with E-state index in [-0.39, 0.29) is 12.1 Å². The van der Waals surface area contributed by atoms with Gasteiger partial charge in [0.1, 0.15) is 0 Å². The van der Waals surface area contributed by atoms with Crippen molar-refractivity contribution in [2.75, 3.05) is 13.7 Å². The molecular formula is C21H25N2O2+. The van der Waals surface area contributed by atoms with Gasteiger partial charge in [-0.25, -0.2) is 0 Å². The Hall–Kier alpha value is -2.46. The fourth-order valence-electron chi connectivity index (χ4n) is 3.80. The first-order valence-corrected chi connectivity index (χ1v) is 8.94. The number of rotatable bonds is 4. The Morgan fingerprint density at radius 1 is 1.12 bits per heavy atom. The number of aromatic nitrogens is 1. The molecule has 0 unspecified atom stereocenters. The molecule has 130 valence electrons. The highest BCUT2D eigenvalue weighted by molar-refractivity contribution is 5.85. The number of methoxy groups -OCH3 is 1. The molecule has 1 aliphatic heterocycles. The van der Waals surface area contributed by atoms with E-state index in [2.05, 4.69) is 46.7 Å². The number of nitrogens with two attached hydrogens (primary N) is 1. The lowest BCUT2D eigenvalue weighted by atomic mass is 9.94. The SMILES string of the molecule is COc1cc([C@@H]2[NH2+]CCc3c2[nH]c2ccccc32)ccc1OC(C)C. The summed E-state index contributed by atoms with van der Waals surface area (Å²) >= 11 is 0. The minimum atomic E-state index is 0.126.